The number of hydrogen-bond acceptors (Lipinski definition) is 6. The summed E-state index contributed by atoms with van der Waals surface area (Å²) in [5, 5.41) is 5.30. The van der Waals surface area contributed by atoms with E-state index in [0.717, 1.165) is 24.9 Å². The fourth-order valence-corrected chi connectivity index (χ4v) is 4.97. The summed E-state index contributed by atoms with van der Waals surface area (Å²) < 4.78 is 5.52. The molecule has 1 fully saturated rings. The number of likely N-dealkylation sites (tertiary alicyclic amines) is 1. The highest BCUT2D eigenvalue weighted by Gasteiger charge is 2.38. The van der Waals surface area contributed by atoms with Crippen LogP contribution >= 0.6 is 0 Å². The molecule has 1 aliphatic carbocycles. The molecule has 2 N–H and O–H groups in total. The van der Waals surface area contributed by atoms with Crippen LogP contribution in [0.3, 0.4) is 0 Å². The lowest BCUT2D eigenvalue weighted by Crippen LogP contribution is -2.53. The zero-order valence-electron chi connectivity index (χ0n) is 23.8. The maximum Gasteiger partial charge on any atom is 0.326 e. The number of aryl methyl sites for hydroxylation is 1. The van der Waals surface area contributed by atoms with Crippen molar-refractivity contribution in [3.05, 3.63) is 59.3 Å². The highest BCUT2D eigenvalue weighted by Crippen LogP contribution is 2.34. The van der Waals surface area contributed by atoms with Gasteiger partial charge in [-0.25, -0.2) is 9.59 Å². The number of carbonyl (C=O) groups is 3. The lowest BCUT2D eigenvalue weighted by Gasteiger charge is -2.45. The second-order valence-corrected chi connectivity index (χ2v) is 11.9. The Hall–Kier alpha value is -3.68. The van der Waals surface area contributed by atoms with E-state index in [1.54, 1.807) is 45.1 Å². The van der Waals surface area contributed by atoms with Crippen LogP contribution in [0.25, 0.3) is 0 Å². The molecular formula is C30H40N4O5. The van der Waals surface area contributed by atoms with Crippen LogP contribution in [-0.2, 0) is 19.1 Å². The SMILES string of the molecule is Cc1cccc(NC(=O)NCC(=O)N(CC(=O)OC(C)(C)C)C2=CC=CC(=C=O)C2N2CCCC(C)(C)C2)c1. The third kappa shape index (κ3) is 8.67. The molecule has 1 heterocycles. The number of nitrogens with one attached hydrogen (secondary N) is 2. The van der Waals surface area contributed by atoms with Crippen molar-refractivity contribution in [3.8, 4) is 0 Å². The van der Waals surface area contributed by atoms with Crippen molar-refractivity contribution in [2.24, 2.45) is 5.41 Å². The molecule has 2 aliphatic rings. The van der Waals surface area contributed by atoms with Gasteiger partial charge in [-0.05, 0) is 82.3 Å². The van der Waals surface area contributed by atoms with E-state index in [0.29, 0.717) is 23.5 Å². The molecule has 1 aromatic rings. The normalized spacial score (nSPS) is 19.0. The zero-order valence-corrected chi connectivity index (χ0v) is 23.8. The second kappa shape index (κ2) is 12.5. The molecule has 0 saturated carbocycles. The van der Waals surface area contributed by atoms with Crippen molar-refractivity contribution in [1.29, 1.82) is 0 Å². The Labute approximate surface area is 230 Å². The number of hydrogen-bond donors (Lipinski definition) is 2. The van der Waals surface area contributed by atoms with E-state index in [2.05, 4.69) is 29.4 Å². The number of nitrogens with zero attached hydrogens (tertiary/aromatic N) is 2. The van der Waals surface area contributed by atoms with Crippen LogP contribution in [0.15, 0.2) is 53.8 Å². The van der Waals surface area contributed by atoms with Crippen LogP contribution in [0.5, 0.6) is 0 Å². The van der Waals surface area contributed by atoms with E-state index >= 15 is 0 Å². The number of benzene rings is 1. The molecule has 9 nitrogen and oxygen atoms in total. The Morgan fingerprint density at radius 1 is 1.23 bits per heavy atom. The van der Waals surface area contributed by atoms with Crippen LogP contribution in [0.4, 0.5) is 10.5 Å². The Bertz CT molecular complexity index is 1200. The van der Waals surface area contributed by atoms with Gasteiger partial charge in [-0.1, -0.05) is 32.1 Å². The first-order chi connectivity index (χ1) is 18.3. The summed E-state index contributed by atoms with van der Waals surface area (Å²) >= 11 is 0. The summed E-state index contributed by atoms with van der Waals surface area (Å²) in [6.45, 7) is 12.2. The van der Waals surface area contributed by atoms with E-state index < -0.39 is 29.6 Å². The molecule has 1 saturated heterocycles. The number of carbonyl (C=O) groups excluding carboxylic acids is 4. The number of piperidine rings is 1. The number of ether oxygens (including phenoxy) is 1. The van der Waals surface area contributed by atoms with Gasteiger partial charge in [-0.3, -0.25) is 14.5 Å². The van der Waals surface area contributed by atoms with Crippen molar-refractivity contribution in [3.63, 3.8) is 0 Å². The topological polar surface area (TPSA) is 108 Å². The molecule has 0 bridgehead atoms. The Morgan fingerprint density at radius 2 is 1.97 bits per heavy atom. The molecule has 1 aliphatic heterocycles. The average Bonchev–Trinajstić information content (AvgIpc) is 2.83. The minimum absolute atomic E-state index is 0.0218. The molecular weight excluding hydrogens is 496 g/mol. The van der Waals surface area contributed by atoms with Crippen molar-refractivity contribution < 1.29 is 23.9 Å². The molecule has 39 heavy (non-hydrogen) atoms. The van der Waals surface area contributed by atoms with Gasteiger partial charge in [0.2, 0.25) is 5.91 Å². The van der Waals surface area contributed by atoms with Crippen molar-refractivity contribution >= 4 is 29.5 Å². The molecule has 1 atom stereocenters. The first-order valence-corrected chi connectivity index (χ1v) is 13.3. The number of urea groups is 1. The third-order valence-corrected chi connectivity index (χ3v) is 6.53. The minimum Gasteiger partial charge on any atom is -0.459 e. The molecule has 1 aromatic carbocycles. The first kappa shape index (κ1) is 29.9. The Kier molecular flexibility index (Phi) is 9.54. The number of amides is 3. The summed E-state index contributed by atoms with van der Waals surface area (Å²) in [4.78, 5) is 54.5. The van der Waals surface area contributed by atoms with E-state index in [4.69, 9.17) is 4.74 Å². The van der Waals surface area contributed by atoms with Gasteiger partial charge in [0.05, 0.1) is 18.2 Å². The van der Waals surface area contributed by atoms with Crippen LogP contribution < -0.4 is 10.6 Å². The summed E-state index contributed by atoms with van der Waals surface area (Å²) in [5.74, 6) is 0.941. The fourth-order valence-electron chi connectivity index (χ4n) is 4.97. The zero-order chi connectivity index (χ0) is 28.8. The Balaban J connectivity index is 1.86. The van der Waals surface area contributed by atoms with Crippen molar-refractivity contribution in [2.45, 2.75) is 66.0 Å². The number of esters is 1. The maximum absolute atomic E-state index is 13.6. The summed E-state index contributed by atoms with van der Waals surface area (Å²) in [7, 11) is 0. The quantitative estimate of drug-likeness (QED) is 0.403. The van der Waals surface area contributed by atoms with Gasteiger partial charge in [0.25, 0.3) is 0 Å². The van der Waals surface area contributed by atoms with Crippen LogP contribution in [0, 0.1) is 12.3 Å². The predicted molar refractivity (Wildman–Crippen MR) is 151 cm³/mol. The molecule has 3 rings (SSSR count). The lowest BCUT2D eigenvalue weighted by atomic mass is 9.82. The second-order valence-electron chi connectivity index (χ2n) is 11.9. The number of anilines is 1. The van der Waals surface area contributed by atoms with Gasteiger partial charge in [0, 0.05) is 17.9 Å². The lowest BCUT2D eigenvalue weighted by molar-refractivity contribution is -0.158. The van der Waals surface area contributed by atoms with Gasteiger partial charge in [-0.2, -0.15) is 0 Å². The van der Waals surface area contributed by atoms with E-state index in [-0.39, 0.29) is 18.5 Å². The summed E-state index contributed by atoms with van der Waals surface area (Å²) in [6, 6.07) is 6.19. The van der Waals surface area contributed by atoms with E-state index in [9.17, 15) is 19.2 Å². The van der Waals surface area contributed by atoms with Crippen molar-refractivity contribution in [2.75, 3.05) is 31.5 Å². The molecule has 0 radical (unpaired) electrons. The fraction of sp³-hybridized carbons (Fsp3) is 0.500. The van der Waals surface area contributed by atoms with E-state index in [1.807, 2.05) is 31.1 Å². The number of allylic oxidation sites excluding steroid dienone is 2. The minimum atomic E-state index is -0.747. The standard InChI is InChI=1S/C30H40N4O5/c1-21-10-7-12-23(16-21)32-28(38)31-17-25(36)34(18-26(37)39-29(2,3)4)24-13-8-11-22(19-35)27(24)33-15-9-14-30(5,6)20-33/h7-8,10-13,16,27H,9,14-15,17-18,20H2,1-6H3,(H2,31,32,38). The molecule has 1 unspecified atom stereocenters. The summed E-state index contributed by atoms with van der Waals surface area (Å²) in [6.07, 6.45) is 7.09. The highest BCUT2D eigenvalue weighted by atomic mass is 16.6. The van der Waals surface area contributed by atoms with Gasteiger partial charge in [0.1, 0.15) is 18.1 Å². The Morgan fingerprint density at radius 3 is 2.62 bits per heavy atom. The van der Waals surface area contributed by atoms with Crippen LogP contribution in [-0.4, -0.2) is 71.5 Å². The van der Waals surface area contributed by atoms with Gasteiger partial charge < -0.3 is 20.3 Å². The third-order valence-electron chi connectivity index (χ3n) is 6.53. The molecule has 3 amide bonds. The largest absolute Gasteiger partial charge is 0.459 e. The summed E-state index contributed by atoms with van der Waals surface area (Å²) in [5.41, 5.74) is 1.72. The van der Waals surface area contributed by atoms with Gasteiger partial charge in [0.15, 0.2) is 0 Å². The van der Waals surface area contributed by atoms with Crippen LogP contribution in [0.1, 0.15) is 53.0 Å². The van der Waals surface area contributed by atoms with Gasteiger partial charge >= 0.3 is 12.0 Å². The molecule has 0 spiro atoms. The molecule has 9 heteroatoms. The predicted octanol–water partition coefficient (Wildman–Crippen LogP) is 3.99. The number of rotatable bonds is 7. The van der Waals surface area contributed by atoms with Crippen LogP contribution in [0.2, 0.25) is 0 Å². The molecule has 0 aromatic heterocycles. The average molecular weight is 537 g/mol. The monoisotopic (exact) mass is 536 g/mol. The first-order valence-electron chi connectivity index (χ1n) is 13.3. The molecule has 210 valence electrons. The van der Waals surface area contributed by atoms with Gasteiger partial charge in [-0.15, -0.1) is 0 Å². The highest BCUT2D eigenvalue weighted by molar-refractivity contribution is 5.93. The smallest absolute Gasteiger partial charge is 0.326 e. The van der Waals surface area contributed by atoms with Crippen molar-refractivity contribution in [1.82, 2.24) is 15.1 Å². The maximum atomic E-state index is 13.6. The van der Waals surface area contributed by atoms with E-state index in [1.165, 1.54) is 4.90 Å².